The highest BCUT2D eigenvalue weighted by Crippen LogP contribution is 2.29. The van der Waals surface area contributed by atoms with E-state index < -0.39 is 52.5 Å². The summed E-state index contributed by atoms with van der Waals surface area (Å²) in [6.07, 6.45) is -0.123. The predicted molar refractivity (Wildman–Crippen MR) is 74.3 cm³/mol. The third-order valence-corrected chi connectivity index (χ3v) is 3.09. The van der Waals surface area contributed by atoms with Crippen molar-refractivity contribution in [1.29, 1.82) is 0 Å². The predicted octanol–water partition coefficient (Wildman–Crippen LogP) is 3.12. The molecule has 0 aliphatic heterocycles. The summed E-state index contributed by atoms with van der Waals surface area (Å²) in [7, 11) is 0. The van der Waals surface area contributed by atoms with Crippen LogP contribution in [0.1, 0.15) is 18.9 Å². The number of rotatable bonds is 5. The number of aliphatic imine (C=N–C) groups is 1. The number of ether oxygens (including phenoxy) is 1. The minimum Gasteiger partial charge on any atom is -0.506 e. The van der Waals surface area contributed by atoms with Gasteiger partial charge in [-0.15, -0.1) is 0 Å². The van der Waals surface area contributed by atoms with Gasteiger partial charge in [-0.2, -0.15) is 0 Å². The number of aliphatic hydroxyl groups is 1. The highest BCUT2D eigenvalue weighted by molar-refractivity contribution is 6.15. The van der Waals surface area contributed by atoms with Crippen molar-refractivity contribution in [2.24, 2.45) is 4.99 Å². The molecule has 2 rings (SSSR count). The van der Waals surface area contributed by atoms with Crippen molar-refractivity contribution in [3.63, 3.8) is 0 Å². The third kappa shape index (κ3) is 3.88. The molecular weight excluding hydrogens is 318 g/mol. The number of esters is 1. The lowest BCUT2D eigenvalue weighted by atomic mass is 10.1. The minimum atomic E-state index is -1.44. The fraction of sp³-hybridized carbons (Fsp3) is 0.333. The number of halogens is 4. The lowest BCUT2D eigenvalue weighted by molar-refractivity contribution is -0.137. The highest BCUT2D eigenvalue weighted by atomic mass is 19.2. The van der Waals surface area contributed by atoms with Crippen molar-refractivity contribution >= 4 is 17.9 Å². The Bertz CT molecular complexity index is 688. The summed E-state index contributed by atoms with van der Waals surface area (Å²) in [6.45, 7) is 1.46. The molecule has 1 aliphatic rings. The van der Waals surface area contributed by atoms with E-state index in [9.17, 15) is 27.5 Å². The number of carbonyl (C=O) groups is 1. The second-order valence-corrected chi connectivity index (χ2v) is 4.83. The number of hydrogen-bond donors (Lipinski definition) is 1. The van der Waals surface area contributed by atoms with Gasteiger partial charge in [0.05, 0.1) is 18.2 Å². The summed E-state index contributed by atoms with van der Waals surface area (Å²) in [4.78, 5) is 15.5. The van der Waals surface area contributed by atoms with E-state index in [1.165, 1.54) is 6.92 Å². The molecule has 0 heterocycles. The molecule has 1 saturated carbocycles. The first-order valence-corrected chi connectivity index (χ1v) is 6.77. The molecule has 2 unspecified atom stereocenters. The van der Waals surface area contributed by atoms with Gasteiger partial charge < -0.3 is 9.84 Å². The Labute approximate surface area is 129 Å². The third-order valence-electron chi connectivity index (χ3n) is 3.09. The van der Waals surface area contributed by atoms with Gasteiger partial charge in [0.25, 0.3) is 0 Å². The van der Waals surface area contributed by atoms with E-state index in [1.807, 2.05) is 0 Å². The second kappa shape index (κ2) is 6.80. The molecule has 1 aromatic rings. The molecule has 1 N–H and O–H groups in total. The molecule has 0 saturated heterocycles. The summed E-state index contributed by atoms with van der Waals surface area (Å²) in [6, 6.07) is -0.0106. The zero-order valence-corrected chi connectivity index (χ0v) is 12.0. The zero-order valence-electron chi connectivity index (χ0n) is 12.0. The van der Waals surface area contributed by atoms with Crippen LogP contribution in [0.15, 0.2) is 22.7 Å². The maximum Gasteiger partial charge on any atom is 0.343 e. The first-order chi connectivity index (χ1) is 10.8. The Morgan fingerprint density at radius 2 is 1.96 bits per heavy atom. The smallest absolute Gasteiger partial charge is 0.343 e. The molecule has 23 heavy (non-hydrogen) atoms. The van der Waals surface area contributed by atoms with Crippen LogP contribution in [-0.2, 0) is 9.53 Å². The molecule has 124 valence electrons. The first kappa shape index (κ1) is 17.0. The van der Waals surface area contributed by atoms with E-state index in [-0.39, 0.29) is 19.1 Å². The number of alkyl halides is 1. The van der Waals surface area contributed by atoms with Gasteiger partial charge in [-0.3, -0.25) is 4.99 Å². The minimum absolute atomic E-state index is 0.0428. The summed E-state index contributed by atoms with van der Waals surface area (Å²) in [5, 5.41) is 10.0. The van der Waals surface area contributed by atoms with Gasteiger partial charge in [0.2, 0.25) is 0 Å². The van der Waals surface area contributed by atoms with Crippen LogP contribution in [0, 0.1) is 17.5 Å². The highest BCUT2D eigenvalue weighted by Gasteiger charge is 2.37. The number of benzene rings is 1. The van der Waals surface area contributed by atoms with Gasteiger partial charge in [0.15, 0.2) is 11.6 Å². The largest absolute Gasteiger partial charge is 0.506 e. The van der Waals surface area contributed by atoms with E-state index in [4.69, 9.17) is 0 Å². The fourth-order valence-corrected chi connectivity index (χ4v) is 1.75. The molecule has 1 fully saturated rings. The molecule has 4 nitrogen and oxygen atoms in total. The van der Waals surface area contributed by atoms with Crippen LogP contribution in [0.4, 0.5) is 17.6 Å². The van der Waals surface area contributed by atoms with Crippen LogP contribution in [0.25, 0.3) is 5.76 Å². The van der Waals surface area contributed by atoms with Crippen molar-refractivity contribution < 1.29 is 32.2 Å². The quantitative estimate of drug-likeness (QED) is 0.225. The SMILES string of the molecule is CCOC(=O)C(C=NC1CC1F)=C(O)c1cc(F)c(F)cc1F. The lowest BCUT2D eigenvalue weighted by Crippen LogP contribution is -2.12. The Morgan fingerprint density at radius 1 is 1.35 bits per heavy atom. The van der Waals surface area contributed by atoms with Crippen LogP contribution in [0.3, 0.4) is 0 Å². The second-order valence-electron chi connectivity index (χ2n) is 4.83. The van der Waals surface area contributed by atoms with Gasteiger partial charge in [-0.05, 0) is 13.0 Å². The summed E-state index contributed by atoms with van der Waals surface area (Å²) < 4.78 is 57.4. The molecule has 1 aliphatic carbocycles. The van der Waals surface area contributed by atoms with E-state index in [0.717, 1.165) is 6.21 Å². The van der Waals surface area contributed by atoms with E-state index in [1.54, 1.807) is 0 Å². The molecule has 8 heteroatoms. The molecule has 0 aromatic heterocycles. The van der Waals surface area contributed by atoms with Gasteiger partial charge in [-0.1, -0.05) is 0 Å². The Hall–Kier alpha value is -2.38. The van der Waals surface area contributed by atoms with Crippen LogP contribution in [0.2, 0.25) is 0 Å². The molecule has 1 aromatic carbocycles. The first-order valence-electron chi connectivity index (χ1n) is 6.77. The van der Waals surface area contributed by atoms with Gasteiger partial charge in [0, 0.05) is 18.7 Å². The van der Waals surface area contributed by atoms with Crippen LogP contribution in [0.5, 0.6) is 0 Å². The number of aliphatic hydroxyl groups excluding tert-OH is 1. The van der Waals surface area contributed by atoms with E-state index in [0.29, 0.717) is 6.07 Å². The Morgan fingerprint density at radius 3 is 2.52 bits per heavy atom. The van der Waals surface area contributed by atoms with Gasteiger partial charge in [-0.25, -0.2) is 22.4 Å². The standard InChI is InChI=1S/C15H13F4NO3/c1-2-23-15(22)8(6-20-13-5-12(13)19)14(21)7-3-10(17)11(18)4-9(7)16/h3-4,6,12-13,21H,2,5H2,1H3. The Balaban J connectivity index is 2.45. The van der Waals surface area contributed by atoms with Crippen molar-refractivity contribution in [3.05, 3.63) is 40.7 Å². The molecule has 0 amide bonds. The fourth-order valence-electron chi connectivity index (χ4n) is 1.75. The van der Waals surface area contributed by atoms with Crippen molar-refractivity contribution in [2.75, 3.05) is 6.61 Å². The maximum absolute atomic E-state index is 13.7. The summed E-state index contributed by atoms with van der Waals surface area (Å²) >= 11 is 0. The number of hydrogen-bond acceptors (Lipinski definition) is 4. The molecule has 2 atom stereocenters. The number of carbonyl (C=O) groups excluding carboxylic acids is 1. The van der Waals surface area contributed by atoms with Crippen LogP contribution < -0.4 is 0 Å². The van der Waals surface area contributed by atoms with Gasteiger partial charge >= 0.3 is 5.97 Å². The van der Waals surface area contributed by atoms with Crippen LogP contribution in [-0.4, -0.2) is 36.1 Å². The lowest BCUT2D eigenvalue weighted by Gasteiger charge is -2.08. The average molecular weight is 331 g/mol. The Kier molecular flexibility index (Phi) is 5.02. The van der Waals surface area contributed by atoms with E-state index >= 15 is 0 Å². The normalized spacial score (nSPS) is 21.3. The van der Waals surface area contributed by atoms with E-state index in [2.05, 4.69) is 9.73 Å². The monoisotopic (exact) mass is 331 g/mol. The van der Waals surface area contributed by atoms with Crippen molar-refractivity contribution in [3.8, 4) is 0 Å². The number of nitrogens with zero attached hydrogens (tertiary/aromatic N) is 1. The molecule has 0 spiro atoms. The molecule has 0 radical (unpaired) electrons. The average Bonchev–Trinajstić information content (AvgIpc) is 3.19. The van der Waals surface area contributed by atoms with Crippen molar-refractivity contribution in [2.45, 2.75) is 25.6 Å². The maximum atomic E-state index is 13.7. The molecule has 0 bridgehead atoms. The van der Waals surface area contributed by atoms with Crippen LogP contribution >= 0.6 is 0 Å². The molecular formula is C15H13F4NO3. The topological polar surface area (TPSA) is 58.9 Å². The van der Waals surface area contributed by atoms with Gasteiger partial charge in [0.1, 0.15) is 23.3 Å². The summed E-state index contributed by atoms with van der Waals surface area (Å²) in [5.74, 6) is -6.14. The zero-order chi connectivity index (χ0) is 17.1. The summed E-state index contributed by atoms with van der Waals surface area (Å²) in [5.41, 5.74) is -1.30. The van der Waals surface area contributed by atoms with Crippen molar-refractivity contribution in [1.82, 2.24) is 0 Å².